The van der Waals surface area contributed by atoms with Gasteiger partial charge in [-0.3, -0.25) is 9.47 Å². The molecule has 0 bridgehead atoms. The molecule has 2 aliphatic rings. The van der Waals surface area contributed by atoms with Crippen molar-refractivity contribution < 1.29 is 33.4 Å². The summed E-state index contributed by atoms with van der Waals surface area (Å²) >= 11 is 0. The summed E-state index contributed by atoms with van der Waals surface area (Å²) in [6.07, 6.45) is -0.452. The lowest BCUT2D eigenvalue weighted by Crippen LogP contribution is -2.34. The molecule has 4 heterocycles. The lowest BCUT2D eigenvalue weighted by Gasteiger charge is -2.23. The van der Waals surface area contributed by atoms with E-state index in [-0.39, 0.29) is 31.6 Å². The number of nitrogens with zero attached hydrogens (tertiary/aromatic N) is 5. The Labute approximate surface area is 197 Å². The average Bonchev–Trinajstić information content (AvgIpc) is 3.43. The van der Waals surface area contributed by atoms with E-state index in [2.05, 4.69) is 9.97 Å². The van der Waals surface area contributed by atoms with Crippen LogP contribution in [0.1, 0.15) is 5.69 Å². The van der Waals surface area contributed by atoms with E-state index in [1.54, 1.807) is 31.2 Å². The fourth-order valence-electron chi connectivity index (χ4n) is 4.01. The van der Waals surface area contributed by atoms with Crippen molar-refractivity contribution in [1.29, 1.82) is 0 Å². The summed E-state index contributed by atoms with van der Waals surface area (Å²) in [5, 5.41) is 20.1. The van der Waals surface area contributed by atoms with Crippen molar-refractivity contribution in [2.75, 3.05) is 24.7 Å². The van der Waals surface area contributed by atoms with Crippen LogP contribution in [0.5, 0.6) is 11.9 Å². The average molecular weight is 485 g/mol. The van der Waals surface area contributed by atoms with Gasteiger partial charge in [-0.25, -0.2) is 14.2 Å². The number of fused-ring (bicyclic) bond motifs is 1. The maximum atomic E-state index is 15.0. The molecule has 2 atom stereocenters. The van der Waals surface area contributed by atoms with Crippen molar-refractivity contribution in [2.45, 2.75) is 25.7 Å². The monoisotopic (exact) mass is 485 g/mol. The van der Waals surface area contributed by atoms with E-state index in [0.717, 1.165) is 0 Å². The van der Waals surface area contributed by atoms with Gasteiger partial charge in [0.25, 0.3) is 0 Å². The highest BCUT2D eigenvalue weighted by Crippen LogP contribution is 2.32. The molecule has 182 valence electrons. The number of hydrogen-bond acceptors (Lipinski definition) is 9. The normalized spacial score (nSPS) is 19.2. The van der Waals surface area contributed by atoms with E-state index < -0.39 is 29.0 Å². The van der Waals surface area contributed by atoms with Gasteiger partial charge in [0.15, 0.2) is 6.10 Å². The van der Waals surface area contributed by atoms with Crippen molar-refractivity contribution in [3.63, 3.8) is 0 Å². The number of aliphatic hydroxyl groups excluding tert-OH is 1. The highest BCUT2D eigenvalue weighted by molar-refractivity contribution is 5.90. The Balaban J connectivity index is 1.30. The molecule has 1 N–H and O–H groups in total. The molecular weight excluding hydrogens is 465 g/mol. The largest absolute Gasteiger partial charge is 0.469 e. The van der Waals surface area contributed by atoms with Crippen LogP contribution in [0, 0.1) is 22.9 Å². The molecule has 1 aromatic carbocycles. The Kier molecular flexibility index (Phi) is 5.68. The van der Waals surface area contributed by atoms with Crippen LogP contribution < -0.4 is 14.4 Å². The van der Waals surface area contributed by atoms with Gasteiger partial charge in [-0.15, -0.1) is 0 Å². The van der Waals surface area contributed by atoms with Gasteiger partial charge in [-0.2, -0.15) is 0 Å². The van der Waals surface area contributed by atoms with Crippen LogP contribution in [0.25, 0.3) is 11.1 Å². The summed E-state index contributed by atoms with van der Waals surface area (Å²) < 4.78 is 32.8. The van der Waals surface area contributed by atoms with Gasteiger partial charge in [-0.05, 0) is 36.1 Å². The van der Waals surface area contributed by atoms with Gasteiger partial charge < -0.3 is 29.4 Å². The number of halogens is 1. The van der Waals surface area contributed by atoms with Crippen LogP contribution in [0.2, 0.25) is 0 Å². The minimum atomic E-state index is -0.644. The fourth-order valence-corrected chi connectivity index (χ4v) is 4.01. The Morgan fingerprint density at radius 1 is 1.26 bits per heavy atom. The Morgan fingerprint density at radius 3 is 2.74 bits per heavy atom. The third-order valence-electron chi connectivity index (χ3n) is 5.69. The smallest absolute Gasteiger partial charge is 0.414 e. The Morgan fingerprint density at radius 2 is 2.06 bits per heavy atom. The zero-order valence-corrected chi connectivity index (χ0v) is 18.5. The first-order valence-electron chi connectivity index (χ1n) is 10.7. The van der Waals surface area contributed by atoms with Crippen molar-refractivity contribution in [2.24, 2.45) is 0 Å². The van der Waals surface area contributed by atoms with Crippen molar-refractivity contribution in [1.82, 2.24) is 14.5 Å². The lowest BCUT2D eigenvalue weighted by molar-refractivity contribution is -0.389. The zero-order chi connectivity index (χ0) is 24.7. The van der Waals surface area contributed by atoms with E-state index in [0.29, 0.717) is 34.9 Å². The summed E-state index contributed by atoms with van der Waals surface area (Å²) in [6.45, 7) is 1.99. The summed E-state index contributed by atoms with van der Waals surface area (Å²) in [5.74, 6) is -0.553. The highest BCUT2D eigenvalue weighted by Gasteiger charge is 2.32. The number of aliphatic hydroxyl groups is 1. The maximum absolute atomic E-state index is 15.0. The Hall–Kier alpha value is -4.26. The number of imidazole rings is 1. The molecule has 0 unspecified atom stereocenters. The lowest BCUT2D eigenvalue weighted by atomic mass is 10.0. The molecule has 5 rings (SSSR count). The quantitative estimate of drug-likeness (QED) is 0.411. The number of hydrogen-bond donors (Lipinski definition) is 1. The van der Waals surface area contributed by atoms with Crippen LogP contribution >= 0.6 is 0 Å². The third kappa shape index (κ3) is 4.33. The van der Waals surface area contributed by atoms with Gasteiger partial charge in [0.05, 0.1) is 25.4 Å². The molecule has 35 heavy (non-hydrogen) atoms. The standard InChI is InChI=1S/C22H20FN5O7/c1-12-16(17-3-2-13(6-18(17)23)27-8-14(10-29)35-22(27)30)4-5-20(24-12)34-15-7-26-9-19(28(31)32)25-21(26)33-11-15/h2-6,9,14-15,29H,7-8,10-11H2,1H3/t14-,15+/m1/s1. The van der Waals surface area contributed by atoms with Gasteiger partial charge in [-0.1, -0.05) is 0 Å². The van der Waals surface area contributed by atoms with E-state index in [9.17, 15) is 24.4 Å². The number of rotatable bonds is 6. The second-order valence-corrected chi connectivity index (χ2v) is 8.09. The van der Waals surface area contributed by atoms with Gasteiger partial charge in [0.2, 0.25) is 5.88 Å². The molecule has 0 aliphatic carbocycles. The summed E-state index contributed by atoms with van der Waals surface area (Å²) in [5.41, 5.74) is 1.69. The molecular formula is C22H20FN5O7. The predicted molar refractivity (Wildman–Crippen MR) is 118 cm³/mol. The molecule has 0 spiro atoms. The van der Waals surface area contributed by atoms with Gasteiger partial charge in [0.1, 0.15) is 24.7 Å². The molecule has 1 amide bonds. The third-order valence-corrected chi connectivity index (χ3v) is 5.69. The second kappa shape index (κ2) is 8.83. The number of carbonyl (C=O) groups excluding carboxylic acids is 1. The number of aryl methyl sites for hydroxylation is 1. The molecule has 2 aliphatic heterocycles. The van der Waals surface area contributed by atoms with Crippen molar-refractivity contribution in [3.05, 3.63) is 58.2 Å². The van der Waals surface area contributed by atoms with Crippen molar-refractivity contribution in [3.8, 4) is 23.0 Å². The molecule has 1 fully saturated rings. The number of ether oxygens (including phenoxy) is 3. The van der Waals surface area contributed by atoms with E-state index in [4.69, 9.17) is 14.2 Å². The number of amides is 1. The van der Waals surface area contributed by atoms with Gasteiger partial charge >= 0.3 is 17.9 Å². The molecule has 2 aromatic heterocycles. The minimum Gasteiger partial charge on any atom is -0.469 e. The number of nitro groups is 1. The number of aromatic nitrogens is 3. The fraction of sp³-hybridized carbons (Fsp3) is 0.318. The predicted octanol–water partition coefficient (Wildman–Crippen LogP) is 2.46. The molecule has 13 heteroatoms. The second-order valence-electron chi connectivity index (χ2n) is 8.09. The maximum Gasteiger partial charge on any atom is 0.414 e. The van der Waals surface area contributed by atoms with Crippen LogP contribution in [-0.2, 0) is 11.3 Å². The molecule has 0 saturated carbocycles. The molecule has 1 saturated heterocycles. The van der Waals surface area contributed by atoms with E-state index in [1.807, 2.05) is 0 Å². The SMILES string of the molecule is Cc1nc(O[C@@H]2COc3nc([N+](=O)[O-])cn3C2)ccc1-c1ccc(N2C[C@H](CO)OC2=O)cc1F. The highest BCUT2D eigenvalue weighted by atomic mass is 19.1. The first-order chi connectivity index (χ1) is 16.8. The summed E-state index contributed by atoms with van der Waals surface area (Å²) in [7, 11) is 0. The topological polar surface area (TPSA) is 142 Å². The van der Waals surface area contributed by atoms with Crippen LogP contribution in [0.3, 0.4) is 0 Å². The summed E-state index contributed by atoms with van der Waals surface area (Å²) in [4.78, 5) is 31.8. The van der Waals surface area contributed by atoms with E-state index >= 15 is 0 Å². The molecule has 0 radical (unpaired) electrons. The minimum absolute atomic E-state index is 0.138. The van der Waals surface area contributed by atoms with Crippen molar-refractivity contribution >= 4 is 17.6 Å². The number of pyridine rings is 1. The number of benzene rings is 1. The summed E-state index contributed by atoms with van der Waals surface area (Å²) in [6, 6.07) is 7.83. The first-order valence-corrected chi connectivity index (χ1v) is 10.7. The van der Waals surface area contributed by atoms with Crippen LogP contribution in [-0.4, -0.2) is 62.6 Å². The number of anilines is 1. The zero-order valence-electron chi connectivity index (χ0n) is 18.5. The number of carbonyl (C=O) groups is 1. The first kappa shape index (κ1) is 22.5. The molecule has 3 aromatic rings. The van der Waals surface area contributed by atoms with Crippen LogP contribution in [0.4, 0.5) is 20.7 Å². The number of cyclic esters (lactones) is 1. The van der Waals surface area contributed by atoms with Gasteiger partial charge in [0, 0.05) is 27.9 Å². The Bertz CT molecular complexity index is 1310. The molecule has 12 nitrogen and oxygen atoms in total. The van der Waals surface area contributed by atoms with Crippen LogP contribution in [0.15, 0.2) is 36.5 Å². The van der Waals surface area contributed by atoms with E-state index in [1.165, 1.54) is 21.7 Å².